The number of carbonyl (C=O) groups is 2. The number of benzene rings is 1. The molecule has 1 atom stereocenters. The summed E-state index contributed by atoms with van der Waals surface area (Å²) in [4.78, 5) is 22.2. The van der Waals surface area contributed by atoms with Crippen LogP contribution >= 0.6 is 31.9 Å². The first-order valence-electron chi connectivity index (χ1n) is 4.57. The van der Waals surface area contributed by atoms with Gasteiger partial charge in [0.15, 0.2) is 5.78 Å². The Balaban J connectivity index is 2.78. The normalized spacial score (nSPS) is 11.9. The predicted molar refractivity (Wildman–Crippen MR) is 68.6 cm³/mol. The van der Waals surface area contributed by atoms with E-state index in [2.05, 4.69) is 31.9 Å². The molecule has 0 saturated heterocycles. The number of hydrogen-bond donors (Lipinski definition) is 0. The number of ether oxygens (including phenoxy) is 1. The van der Waals surface area contributed by atoms with Gasteiger partial charge in [0.05, 0.1) is 4.83 Å². The van der Waals surface area contributed by atoms with Gasteiger partial charge in [-0.3, -0.25) is 9.59 Å². The van der Waals surface area contributed by atoms with Crippen LogP contribution in [-0.2, 0) is 4.79 Å². The van der Waals surface area contributed by atoms with Gasteiger partial charge in [-0.25, -0.2) is 0 Å². The summed E-state index contributed by atoms with van der Waals surface area (Å²) in [6.45, 7) is 1.33. The summed E-state index contributed by atoms with van der Waals surface area (Å²) >= 11 is 6.48. The largest absolute Gasteiger partial charge is 0.427 e. The monoisotopic (exact) mass is 348 g/mol. The topological polar surface area (TPSA) is 43.4 Å². The van der Waals surface area contributed by atoms with Crippen molar-refractivity contribution >= 4 is 43.6 Å². The number of ketones is 1. The maximum absolute atomic E-state index is 11.7. The molecule has 5 heteroatoms. The molecule has 1 aromatic carbocycles. The van der Waals surface area contributed by atoms with Gasteiger partial charge in [0.1, 0.15) is 5.75 Å². The molecule has 0 saturated carbocycles. The summed E-state index contributed by atoms with van der Waals surface area (Å²) in [6.07, 6.45) is 0. The molecular weight excluding hydrogens is 340 g/mol. The lowest BCUT2D eigenvalue weighted by Gasteiger charge is -2.06. The Bertz CT molecular complexity index is 387. The van der Waals surface area contributed by atoms with Gasteiger partial charge in [0, 0.05) is 17.8 Å². The third-order valence-electron chi connectivity index (χ3n) is 1.82. The van der Waals surface area contributed by atoms with E-state index in [1.165, 1.54) is 6.92 Å². The molecule has 1 aromatic rings. The van der Waals surface area contributed by atoms with E-state index in [4.69, 9.17) is 4.74 Å². The second kappa shape index (κ2) is 6.15. The van der Waals surface area contributed by atoms with Crippen LogP contribution in [-0.4, -0.2) is 21.9 Å². The smallest absolute Gasteiger partial charge is 0.308 e. The molecule has 0 aliphatic carbocycles. The molecule has 0 aliphatic heterocycles. The van der Waals surface area contributed by atoms with Crippen LogP contribution < -0.4 is 4.74 Å². The van der Waals surface area contributed by atoms with E-state index < -0.39 is 0 Å². The standard InChI is InChI=1S/C11H10Br2O3/c1-7(14)16-9-4-2-8(3-5-9)11(15)10(13)6-12/h2-5,10H,6H2,1H3. The second-order valence-corrected chi connectivity index (χ2v) is 4.86. The summed E-state index contributed by atoms with van der Waals surface area (Å²) < 4.78 is 4.86. The zero-order valence-corrected chi connectivity index (χ0v) is 11.7. The number of alkyl halides is 2. The van der Waals surface area contributed by atoms with E-state index in [0.29, 0.717) is 16.6 Å². The molecule has 0 heterocycles. The number of esters is 1. The molecule has 0 aliphatic rings. The fourth-order valence-electron chi connectivity index (χ4n) is 1.10. The molecule has 16 heavy (non-hydrogen) atoms. The Morgan fingerprint density at radius 1 is 1.31 bits per heavy atom. The van der Waals surface area contributed by atoms with Gasteiger partial charge in [-0.2, -0.15) is 0 Å². The van der Waals surface area contributed by atoms with Gasteiger partial charge in [0.25, 0.3) is 0 Å². The quantitative estimate of drug-likeness (QED) is 0.363. The van der Waals surface area contributed by atoms with Gasteiger partial charge in [-0.1, -0.05) is 31.9 Å². The molecule has 1 unspecified atom stereocenters. The van der Waals surface area contributed by atoms with E-state index in [1.807, 2.05) is 0 Å². The highest BCUT2D eigenvalue weighted by Gasteiger charge is 2.15. The van der Waals surface area contributed by atoms with Crippen LogP contribution in [0.2, 0.25) is 0 Å². The number of Topliss-reactive ketones (excluding diaryl/α,β-unsaturated/α-hetero) is 1. The van der Waals surface area contributed by atoms with E-state index in [-0.39, 0.29) is 16.6 Å². The molecule has 1 rings (SSSR count). The second-order valence-electron chi connectivity index (χ2n) is 3.10. The molecule has 0 bridgehead atoms. The van der Waals surface area contributed by atoms with Crippen LogP contribution in [0.3, 0.4) is 0 Å². The van der Waals surface area contributed by atoms with Gasteiger partial charge < -0.3 is 4.74 Å². The summed E-state index contributed by atoms with van der Waals surface area (Å²) in [5.74, 6) is 0.0539. The van der Waals surface area contributed by atoms with Crippen molar-refractivity contribution < 1.29 is 14.3 Å². The Labute approximate surface area is 110 Å². The zero-order valence-electron chi connectivity index (χ0n) is 8.57. The lowest BCUT2D eigenvalue weighted by atomic mass is 10.1. The average molecular weight is 350 g/mol. The minimum absolute atomic E-state index is 0.00810. The molecule has 3 nitrogen and oxygen atoms in total. The molecule has 86 valence electrons. The highest BCUT2D eigenvalue weighted by molar-refractivity contribution is 9.12. The van der Waals surface area contributed by atoms with Crippen molar-refractivity contribution in [3.05, 3.63) is 29.8 Å². The number of hydrogen-bond acceptors (Lipinski definition) is 3. The Morgan fingerprint density at radius 2 is 1.88 bits per heavy atom. The van der Waals surface area contributed by atoms with Crippen LogP contribution in [0.15, 0.2) is 24.3 Å². The molecule has 0 spiro atoms. The van der Waals surface area contributed by atoms with Crippen molar-refractivity contribution in [3.63, 3.8) is 0 Å². The maximum atomic E-state index is 11.7. The molecule has 0 amide bonds. The predicted octanol–water partition coefficient (Wildman–Crippen LogP) is 2.95. The summed E-state index contributed by atoms with van der Waals surface area (Å²) in [5, 5.41) is 0.553. The van der Waals surface area contributed by atoms with E-state index in [9.17, 15) is 9.59 Å². The SMILES string of the molecule is CC(=O)Oc1ccc(C(=O)C(Br)CBr)cc1. The van der Waals surface area contributed by atoms with Crippen molar-refractivity contribution in [1.29, 1.82) is 0 Å². The zero-order chi connectivity index (χ0) is 12.1. The first-order valence-corrected chi connectivity index (χ1v) is 6.61. The van der Waals surface area contributed by atoms with Crippen molar-refractivity contribution in [2.45, 2.75) is 11.8 Å². The fraction of sp³-hybridized carbons (Fsp3) is 0.273. The highest BCUT2D eigenvalue weighted by Crippen LogP contribution is 2.16. The van der Waals surface area contributed by atoms with Crippen molar-refractivity contribution in [1.82, 2.24) is 0 Å². The van der Waals surface area contributed by atoms with Crippen LogP contribution in [0.5, 0.6) is 5.75 Å². The van der Waals surface area contributed by atoms with Crippen molar-refractivity contribution in [2.24, 2.45) is 0 Å². The number of carbonyl (C=O) groups excluding carboxylic acids is 2. The van der Waals surface area contributed by atoms with Crippen LogP contribution in [0.4, 0.5) is 0 Å². The minimum Gasteiger partial charge on any atom is -0.427 e. The van der Waals surface area contributed by atoms with Gasteiger partial charge in [0.2, 0.25) is 0 Å². The molecule has 0 fully saturated rings. The molecule has 0 aromatic heterocycles. The molecule has 0 N–H and O–H groups in total. The Hall–Kier alpha value is -0.680. The lowest BCUT2D eigenvalue weighted by molar-refractivity contribution is -0.131. The van der Waals surface area contributed by atoms with E-state index in [1.54, 1.807) is 24.3 Å². The van der Waals surface area contributed by atoms with Crippen LogP contribution in [0, 0.1) is 0 Å². The summed E-state index contributed by atoms with van der Waals surface area (Å²) in [7, 11) is 0. The minimum atomic E-state index is -0.377. The number of halogens is 2. The van der Waals surface area contributed by atoms with Crippen LogP contribution in [0.25, 0.3) is 0 Å². The first kappa shape index (κ1) is 13.4. The third-order valence-corrected chi connectivity index (χ3v) is 4.08. The van der Waals surface area contributed by atoms with Crippen LogP contribution in [0.1, 0.15) is 17.3 Å². The number of rotatable bonds is 4. The van der Waals surface area contributed by atoms with Gasteiger partial charge in [-0.15, -0.1) is 0 Å². The molecular formula is C11H10Br2O3. The maximum Gasteiger partial charge on any atom is 0.308 e. The van der Waals surface area contributed by atoms with Gasteiger partial charge >= 0.3 is 5.97 Å². The van der Waals surface area contributed by atoms with Crippen molar-refractivity contribution in [3.8, 4) is 5.75 Å². The highest BCUT2D eigenvalue weighted by atomic mass is 79.9. The van der Waals surface area contributed by atoms with E-state index >= 15 is 0 Å². The van der Waals surface area contributed by atoms with Gasteiger partial charge in [-0.05, 0) is 24.3 Å². The summed E-state index contributed by atoms with van der Waals surface area (Å²) in [6, 6.07) is 6.47. The first-order chi connectivity index (χ1) is 7.54. The average Bonchev–Trinajstić information content (AvgIpc) is 2.27. The lowest BCUT2D eigenvalue weighted by Crippen LogP contribution is -2.15. The van der Waals surface area contributed by atoms with E-state index in [0.717, 1.165) is 0 Å². The Morgan fingerprint density at radius 3 is 2.31 bits per heavy atom. The fourth-order valence-corrected chi connectivity index (χ4v) is 1.66. The molecule has 0 radical (unpaired) electrons. The summed E-state index contributed by atoms with van der Waals surface area (Å²) in [5.41, 5.74) is 0.581. The Kier molecular flexibility index (Phi) is 5.15. The van der Waals surface area contributed by atoms with Crippen molar-refractivity contribution in [2.75, 3.05) is 5.33 Å². The third kappa shape index (κ3) is 3.72.